The van der Waals surface area contributed by atoms with Crippen molar-refractivity contribution in [2.24, 2.45) is 11.1 Å². The number of rotatable bonds is 3. The van der Waals surface area contributed by atoms with Gasteiger partial charge in [0.2, 0.25) is 5.78 Å². The van der Waals surface area contributed by atoms with E-state index in [0.717, 1.165) is 0 Å². The summed E-state index contributed by atoms with van der Waals surface area (Å²) in [4.78, 5) is 21.0. The van der Waals surface area contributed by atoms with Crippen molar-refractivity contribution in [3.8, 4) is 0 Å². The van der Waals surface area contributed by atoms with Crippen molar-refractivity contribution in [2.45, 2.75) is 13.8 Å². The molecule has 0 rings (SSSR count). The van der Waals surface area contributed by atoms with E-state index in [9.17, 15) is 9.59 Å². The number of hydrogen-bond donors (Lipinski definition) is 2. The molecule has 0 atom stereocenters. The summed E-state index contributed by atoms with van der Waals surface area (Å²) in [5, 5.41) is 8.58. The number of aliphatic hydroxyl groups excluding tert-OH is 1. The van der Waals surface area contributed by atoms with Gasteiger partial charge >= 0.3 is 0 Å². The molecule has 0 spiro atoms. The highest BCUT2D eigenvalue weighted by atomic mass is 16.3. The topological polar surface area (TPSA) is 80.4 Å². The molecule has 0 aliphatic carbocycles. The smallest absolute Gasteiger partial charge is 0.285 e. The van der Waals surface area contributed by atoms with Crippen LogP contribution < -0.4 is 5.73 Å². The summed E-state index contributed by atoms with van der Waals surface area (Å²) in [7, 11) is 0. The highest BCUT2D eigenvalue weighted by Gasteiger charge is 2.30. The van der Waals surface area contributed by atoms with E-state index in [1.807, 2.05) is 0 Å². The number of carbonyl (C=O) groups is 2. The van der Waals surface area contributed by atoms with Crippen LogP contribution in [-0.2, 0) is 9.59 Å². The Balaban J connectivity index is 4.33. The maximum atomic E-state index is 10.8. The molecule has 0 aliphatic rings. The summed E-state index contributed by atoms with van der Waals surface area (Å²) >= 11 is 0. The molecule has 0 aromatic carbocycles. The average Bonchev–Trinajstić information content (AvgIpc) is 1.86. The lowest BCUT2D eigenvalue weighted by Gasteiger charge is -2.16. The van der Waals surface area contributed by atoms with E-state index in [1.54, 1.807) is 0 Å². The summed E-state index contributed by atoms with van der Waals surface area (Å²) in [6, 6.07) is 0. The second-order valence-corrected chi connectivity index (χ2v) is 2.74. The van der Waals surface area contributed by atoms with Crippen LogP contribution in [0.5, 0.6) is 0 Å². The van der Waals surface area contributed by atoms with Crippen LogP contribution in [0.15, 0.2) is 0 Å². The zero-order valence-electron chi connectivity index (χ0n) is 6.05. The molecule has 0 bridgehead atoms. The summed E-state index contributed by atoms with van der Waals surface area (Å²) in [6.07, 6.45) is 0. The lowest BCUT2D eigenvalue weighted by molar-refractivity contribution is -0.142. The maximum absolute atomic E-state index is 10.8. The van der Waals surface area contributed by atoms with Gasteiger partial charge in [-0.2, -0.15) is 0 Å². The normalized spacial score (nSPS) is 11.1. The number of amides is 1. The standard InChI is InChI=1S/C6H11NO3/c1-6(2,3-8)4(9)5(7)10/h8H,3H2,1-2H3,(H2,7,10). The largest absolute Gasteiger partial charge is 0.395 e. The molecule has 0 aromatic rings. The third-order valence-electron chi connectivity index (χ3n) is 1.23. The number of nitrogens with two attached hydrogens (primary N) is 1. The molecule has 0 fully saturated rings. The van der Waals surface area contributed by atoms with Crippen molar-refractivity contribution in [3.05, 3.63) is 0 Å². The first kappa shape index (κ1) is 9.10. The Morgan fingerprint density at radius 1 is 1.50 bits per heavy atom. The molecule has 0 unspecified atom stereocenters. The lowest BCUT2D eigenvalue weighted by Crippen LogP contribution is -2.38. The zero-order chi connectivity index (χ0) is 8.36. The number of ketones is 1. The van der Waals surface area contributed by atoms with E-state index in [-0.39, 0.29) is 6.61 Å². The van der Waals surface area contributed by atoms with Gasteiger partial charge in [0.05, 0.1) is 12.0 Å². The predicted molar refractivity (Wildman–Crippen MR) is 35.1 cm³/mol. The van der Waals surface area contributed by atoms with Crippen LogP contribution in [0.2, 0.25) is 0 Å². The molecule has 0 saturated carbocycles. The highest BCUT2D eigenvalue weighted by Crippen LogP contribution is 2.13. The van der Waals surface area contributed by atoms with Gasteiger partial charge in [-0.1, -0.05) is 13.8 Å². The van der Waals surface area contributed by atoms with Crippen LogP contribution in [0, 0.1) is 5.41 Å². The van der Waals surface area contributed by atoms with Gasteiger partial charge in [-0.05, 0) is 0 Å². The van der Waals surface area contributed by atoms with Gasteiger partial charge in [-0.3, -0.25) is 9.59 Å². The Kier molecular flexibility index (Phi) is 2.54. The number of carbonyl (C=O) groups excluding carboxylic acids is 2. The van der Waals surface area contributed by atoms with E-state index >= 15 is 0 Å². The first-order chi connectivity index (χ1) is 4.41. The van der Waals surface area contributed by atoms with Crippen LogP contribution >= 0.6 is 0 Å². The summed E-state index contributed by atoms with van der Waals surface area (Å²) in [5.74, 6) is -1.74. The molecule has 0 aliphatic heterocycles. The van der Waals surface area contributed by atoms with E-state index in [0.29, 0.717) is 0 Å². The third-order valence-corrected chi connectivity index (χ3v) is 1.23. The van der Waals surface area contributed by atoms with Crippen molar-refractivity contribution in [1.29, 1.82) is 0 Å². The molecule has 4 heteroatoms. The quantitative estimate of drug-likeness (QED) is 0.503. The minimum Gasteiger partial charge on any atom is -0.395 e. The molecular weight excluding hydrogens is 134 g/mol. The fourth-order valence-corrected chi connectivity index (χ4v) is 0.405. The van der Waals surface area contributed by atoms with E-state index in [1.165, 1.54) is 13.8 Å². The van der Waals surface area contributed by atoms with Gasteiger partial charge < -0.3 is 10.8 Å². The first-order valence-electron chi connectivity index (χ1n) is 2.87. The molecule has 0 heterocycles. The molecule has 3 N–H and O–H groups in total. The SMILES string of the molecule is CC(C)(CO)C(=O)C(N)=O. The maximum Gasteiger partial charge on any atom is 0.285 e. The van der Waals surface area contributed by atoms with Crippen molar-refractivity contribution in [1.82, 2.24) is 0 Å². The van der Waals surface area contributed by atoms with Crippen molar-refractivity contribution in [3.63, 3.8) is 0 Å². The molecule has 0 aromatic heterocycles. The second kappa shape index (κ2) is 2.79. The molecular formula is C6H11NO3. The van der Waals surface area contributed by atoms with Gasteiger partial charge in [0.25, 0.3) is 5.91 Å². The fraction of sp³-hybridized carbons (Fsp3) is 0.667. The first-order valence-corrected chi connectivity index (χ1v) is 2.87. The lowest BCUT2D eigenvalue weighted by atomic mass is 9.89. The van der Waals surface area contributed by atoms with Crippen LogP contribution in [0.1, 0.15) is 13.8 Å². The second-order valence-electron chi connectivity index (χ2n) is 2.74. The Morgan fingerprint density at radius 3 is 2.00 bits per heavy atom. The van der Waals surface area contributed by atoms with Gasteiger partial charge in [0.1, 0.15) is 0 Å². The van der Waals surface area contributed by atoms with E-state index < -0.39 is 17.1 Å². The van der Waals surface area contributed by atoms with E-state index in [2.05, 4.69) is 0 Å². The number of hydrogen-bond acceptors (Lipinski definition) is 3. The van der Waals surface area contributed by atoms with Crippen LogP contribution in [0.3, 0.4) is 0 Å². The number of aliphatic hydroxyl groups is 1. The van der Waals surface area contributed by atoms with Crippen LogP contribution in [0.4, 0.5) is 0 Å². The summed E-state index contributed by atoms with van der Waals surface area (Å²) in [5.41, 5.74) is 3.66. The molecule has 10 heavy (non-hydrogen) atoms. The Hall–Kier alpha value is -0.900. The van der Waals surface area contributed by atoms with Crippen molar-refractivity contribution >= 4 is 11.7 Å². The summed E-state index contributed by atoms with van der Waals surface area (Å²) in [6.45, 7) is 2.55. The molecule has 0 saturated heterocycles. The number of Topliss-reactive ketones (excluding diaryl/α,β-unsaturated/α-hetero) is 1. The van der Waals surface area contributed by atoms with Crippen LogP contribution in [0.25, 0.3) is 0 Å². The molecule has 4 nitrogen and oxygen atoms in total. The Bertz CT molecular complexity index is 162. The third kappa shape index (κ3) is 1.80. The summed E-state index contributed by atoms with van der Waals surface area (Å²) < 4.78 is 0. The van der Waals surface area contributed by atoms with Gasteiger partial charge in [0, 0.05) is 0 Å². The monoisotopic (exact) mass is 145 g/mol. The van der Waals surface area contributed by atoms with Crippen LogP contribution in [-0.4, -0.2) is 23.4 Å². The van der Waals surface area contributed by atoms with Crippen molar-refractivity contribution in [2.75, 3.05) is 6.61 Å². The molecule has 1 amide bonds. The van der Waals surface area contributed by atoms with E-state index in [4.69, 9.17) is 10.8 Å². The Morgan fingerprint density at radius 2 is 1.90 bits per heavy atom. The highest BCUT2D eigenvalue weighted by molar-refractivity contribution is 6.37. The Labute approximate surface area is 59.0 Å². The minimum absolute atomic E-state index is 0.366. The molecule has 58 valence electrons. The van der Waals surface area contributed by atoms with Gasteiger partial charge in [-0.15, -0.1) is 0 Å². The van der Waals surface area contributed by atoms with Gasteiger partial charge in [-0.25, -0.2) is 0 Å². The average molecular weight is 145 g/mol. The van der Waals surface area contributed by atoms with Gasteiger partial charge in [0.15, 0.2) is 0 Å². The number of primary amides is 1. The van der Waals surface area contributed by atoms with Crippen molar-refractivity contribution < 1.29 is 14.7 Å². The fourth-order valence-electron chi connectivity index (χ4n) is 0.405. The molecule has 0 radical (unpaired) electrons. The zero-order valence-corrected chi connectivity index (χ0v) is 6.05. The minimum atomic E-state index is -1.04. The predicted octanol–water partition coefficient (Wildman–Crippen LogP) is -0.941.